The Morgan fingerprint density at radius 3 is 3.07 bits per heavy atom. The zero-order valence-electron chi connectivity index (χ0n) is 9.55. The summed E-state index contributed by atoms with van der Waals surface area (Å²) < 4.78 is 6.50. The predicted molar refractivity (Wildman–Crippen MR) is 72.2 cm³/mol. The molecule has 15 heavy (non-hydrogen) atoms. The van der Waals surface area contributed by atoms with Crippen molar-refractivity contribution in [3.63, 3.8) is 0 Å². The maximum atomic E-state index is 5.80. The zero-order chi connectivity index (χ0) is 10.8. The van der Waals surface area contributed by atoms with Crippen molar-refractivity contribution < 1.29 is 4.74 Å². The maximum absolute atomic E-state index is 5.80. The number of alkyl halides is 1. The highest BCUT2D eigenvalue weighted by molar-refractivity contribution is 14.1. The summed E-state index contributed by atoms with van der Waals surface area (Å²) in [5.41, 5.74) is 3.10. The van der Waals surface area contributed by atoms with E-state index in [1.165, 1.54) is 30.6 Å². The first-order valence-corrected chi connectivity index (χ1v) is 7.18. The lowest BCUT2D eigenvalue weighted by molar-refractivity contribution is 0.267. The van der Waals surface area contributed by atoms with Gasteiger partial charge in [-0.3, -0.25) is 0 Å². The lowest BCUT2D eigenvalue weighted by atomic mass is 9.85. The topological polar surface area (TPSA) is 9.23 Å². The Kier molecular flexibility index (Phi) is 3.75. The standard InChI is InChI=1S/C13H19IO/c1-3-4-5-12-10-7-6-9(2)13(14)11(10)8-15-12/h5,9,13H,3-4,6-8H2,1-2H3/b12-5+/t9-,13-/m0/s1. The van der Waals surface area contributed by atoms with E-state index in [0.717, 1.165) is 18.9 Å². The van der Waals surface area contributed by atoms with E-state index in [0.29, 0.717) is 3.92 Å². The molecule has 0 aromatic rings. The Balaban J connectivity index is 2.19. The van der Waals surface area contributed by atoms with E-state index in [-0.39, 0.29) is 0 Å². The number of allylic oxidation sites excluding steroid dienone is 2. The largest absolute Gasteiger partial charge is 0.489 e. The van der Waals surface area contributed by atoms with Crippen LogP contribution in [0.3, 0.4) is 0 Å². The van der Waals surface area contributed by atoms with Gasteiger partial charge in [-0.05, 0) is 42.4 Å². The average Bonchev–Trinajstić information content (AvgIpc) is 2.64. The second kappa shape index (κ2) is 4.89. The summed E-state index contributed by atoms with van der Waals surface area (Å²) in [7, 11) is 0. The normalized spacial score (nSPS) is 33.1. The summed E-state index contributed by atoms with van der Waals surface area (Å²) in [6.07, 6.45) is 7.18. The van der Waals surface area contributed by atoms with Gasteiger partial charge in [-0.1, -0.05) is 42.9 Å². The monoisotopic (exact) mass is 318 g/mol. The fourth-order valence-corrected chi connectivity index (χ4v) is 3.25. The van der Waals surface area contributed by atoms with Gasteiger partial charge in [0.25, 0.3) is 0 Å². The van der Waals surface area contributed by atoms with Gasteiger partial charge in [0.2, 0.25) is 0 Å². The molecule has 0 fully saturated rings. The van der Waals surface area contributed by atoms with Gasteiger partial charge in [0.15, 0.2) is 0 Å². The average molecular weight is 318 g/mol. The Labute approximate surface area is 106 Å². The third-order valence-corrected chi connectivity index (χ3v) is 5.35. The number of ether oxygens (including phenoxy) is 1. The fraction of sp³-hybridized carbons (Fsp3) is 0.692. The van der Waals surface area contributed by atoms with Gasteiger partial charge < -0.3 is 4.74 Å². The summed E-state index contributed by atoms with van der Waals surface area (Å²) in [6.45, 7) is 5.42. The van der Waals surface area contributed by atoms with Gasteiger partial charge in [0, 0.05) is 3.92 Å². The molecule has 0 bridgehead atoms. The fourth-order valence-electron chi connectivity index (χ4n) is 2.34. The van der Waals surface area contributed by atoms with Crippen LogP contribution >= 0.6 is 22.6 Å². The second-order valence-corrected chi connectivity index (χ2v) is 5.91. The highest BCUT2D eigenvalue weighted by atomic mass is 127. The van der Waals surface area contributed by atoms with Crippen LogP contribution in [0.1, 0.15) is 39.5 Å². The Morgan fingerprint density at radius 2 is 2.33 bits per heavy atom. The molecule has 84 valence electrons. The minimum Gasteiger partial charge on any atom is -0.489 e. The molecule has 0 radical (unpaired) electrons. The van der Waals surface area contributed by atoms with Crippen molar-refractivity contribution in [1.82, 2.24) is 0 Å². The number of halogens is 1. The third kappa shape index (κ3) is 2.24. The van der Waals surface area contributed by atoms with Crippen LogP contribution < -0.4 is 0 Å². The molecular weight excluding hydrogens is 299 g/mol. The van der Waals surface area contributed by atoms with Crippen LogP contribution in [0.15, 0.2) is 23.0 Å². The molecule has 0 unspecified atom stereocenters. The first-order chi connectivity index (χ1) is 7.24. The van der Waals surface area contributed by atoms with Gasteiger partial charge >= 0.3 is 0 Å². The van der Waals surface area contributed by atoms with E-state index in [1.807, 2.05) is 0 Å². The smallest absolute Gasteiger partial charge is 0.119 e. The molecule has 0 saturated carbocycles. The Morgan fingerprint density at radius 1 is 1.53 bits per heavy atom. The predicted octanol–water partition coefficient (Wildman–Crippen LogP) is 4.23. The lowest BCUT2D eigenvalue weighted by Crippen LogP contribution is -2.19. The molecule has 2 atom stereocenters. The van der Waals surface area contributed by atoms with Crippen LogP contribution in [0.4, 0.5) is 0 Å². The van der Waals surface area contributed by atoms with E-state index in [2.05, 4.69) is 42.5 Å². The van der Waals surface area contributed by atoms with E-state index in [1.54, 1.807) is 5.57 Å². The van der Waals surface area contributed by atoms with E-state index < -0.39 is 0 Å². The quantitative estimate of drug-likeness (QED) is 0.547. The van der Waals surface area contributed by atoms with Crippen molar-refractivity contribution in [2.24, 2.45) is 5.92 Å². The van der Waals surface area contributed by atoms with Crippen molar-refractivity contribution in [3.05, 3.63) is 23.0 Å². The number of rotatable bonds is 2. The summed E-state index contributed by atoms with van der Waals surface area (Å²) in [6, 6.07) is 0. The summed E-state index contributed by atoms with van der Waals surface area (Å²) in [5, 5.41) is 0. The summed E-state index contributed by atoms with van der Waals surface area (Å²) in [4.78, 5) is 0. The molecule has 0 N–H and O–H groups in total. The third-order valence-electron chi connectivity index (χ3n) is 3.37. The van der Waals surface area contributed by atoms with E-state index >= 15 is 0 Å². The molecule has 0 aromatic carbocycles. The van der Waals surface area contributed by atoms with Crippen molar-refractivity contribution in [2.45, 2.75) is 43.5 Å². The van der Waals surface area contributed by atoms with Gasteiger partial charge in [-0.15, -0.1) is 0 Å². The molecule has 2 rings (SSSR count). The van der Waals surface area contributed by atoms with Crippen molar-refractivity contribution in [1.29, 1.82) is 0 Å². The highest BCUT2D eigenvalue weighted by Gasteiger charge is 2.32. The molecule has 1 heterocycles. The van der Waals surface area contributed by atoms with Crippen LogP contribution in [-0.2, 0) is 4.74 Å². The summed E-state index contributed by atoms with van der Waals surface area (Å²) in [5.74, 6) is 2.01. The van der Waals surface area contributed by atoms with Crippen molar-refractivity contribution in [2.75, 3.05) is 6.61 Å². The van der Waals surface area contributed by atoms with Crippen LogP contribution in [0.25, 0.3) is 0 Å². The van der Waals surface area contributed by atoms with Crippen LogP contribution in [0.2, 0.25) is 0 Å². The molecule has 2 heteroatoms. The first kappa shape index (κ1) is 11.5. The van der Waals surface area contributed by atoms with Crippen LogP contribution in [0, 0.1) is 5.92 Å². The minimum absolute atomic E-state index is 0.693. The number of hydrogen-bond acceptors (Lipinski definition) is 1. The zero-order valence-corrected chi connectivity index (χ0v) is 11.7. The van der Waals surface area contributed by atoms with Crippen molar-refractivity contribution in [3.8, 4) is 0 Å². The number of unbranched alkanes of at least 4 members (excludes halogenated alkanes) is 1. The van der Waals surface area contributed by atoms with Crippen molar-refractivity contribution >= 4 is 22.6 Å². The van der Waals surface area contributed by atoms with E-state index in [9.17, 15) is 0 Å². The highest BCUT2D eigenvalue weighted by Crippen LogP contribution is 2.42. The molecule has 0 aromatic heterocycles. The molecular formula is C13H19IO. The van der Waals surface area contributed by atoms with Crippen LogP contribution in [-0.4, -0.2) is 10.5 Å². The lowest BCUT2D eigenvalue weighted by Gasteiger charge is -2.24. The van der Waals surface area contributed by atoms with Gasteiger partial charge in [-0.25, -0.2) is 0 Å². The van der Waals surface area contributed by atoms with Crippen LogP contribution in [0.5, 0.6) is 0 Å². The molecule has 1 nitrogen and oxygen atoms in total. The SMILES string of the molecule is CCC/C=C1/OCC2=C1CC[C@H](C)[C@@H]2I. The molecule has 0 spiro atoms. The summed E-state index contributed by atoms with van der Waals surface area (Å²) >= 11 is 2.58. The van der Waals surface area contributed by atoms with Gasteiger partial charge in [-0.2, -0.15) is 0 Å². The molecule has 0 amide bonds. The second-order valence-electron chi connectivity index (χ2n) is 4.57. The number of hydrogen-bond donors (Lipinski definition) is 0. The Bertz CT molecular complexity index is 304. The Hall–Kier alpha value is 0.01000. The minimum atomic E-state index is 0.693. The van der Waals surface area contributed by atoms with Gasteiger partial charge in [0.05, 0.1) is 0 Å². The van der Waals surface area contributed by atoms with Gasteiger partial charge in [0.1, 0.15) is 12.4 Å². The molecule has 1 aliphatic heterocycles. The molecule has 2 aliphatic rings. The molecule has 1 aliphatic carbocycles. The molecule has 0 saturated heterocycles. The van der Waals surface area contributed by atoms with E-state index in [4.69, 9.17) is 4.74 Å². The first-order valence-electron chi connectivity index (χ1n) is 5.93. The maximum Gasteiger partial charge on any atom is 0.119 e.